The summed E-state index contributed by atoms with van der Waals surface area (Å²) in [4.78, 5) is 2.51. The number of aliphatic hydroxyl groups excluding tert-OH is 1. The summed E-state index contributed by atoms with van der Waals surface area (Å²) in [7, 11) is 0. The van der Waals surface area contributed by atoms with Crippen LogP contribution in [0.5, 0.6) is 0 Å². The average molecular weight is 326 g/mol. The van der Waals surface area contributed by atoms with Crippen LogP contribution in [0.25, 0.3) is 0 Å². The van der Waals surface area contributed by atoms with E-state index in [9.17, 15) is 5.11 Å². The fraction of sp³-hybridized carbons (Fsp3) is 0.625. The van der Waals surface area contributed by atoms with Crippen LogP contribution in [0.4, 0.5) is 0 Å². The van der Waals surface area contributed by atoms with Crippen LogP contribution in [-0.2, 0) is 0 Å². The number of likely N-dealkylation sites (tertiary alicyclic amines) is 1. The number of hydrogen-bond donors (Lipinski definition) is 1. The van der Waals surface area contributed by atoms with E-state index in [4.69, 9.17) is 0 Å². The summed E-state index contributed by atoms with van der Waals surface area (Å²) < 4.78 is 1.01. The molecule has 0 saturated carbocycles. The van der Waals surface area contributed by atoms with E-state index in [-0.39, 0.29) is 6.10 Å². The molecule has 0 aromatic heterocycles. The largest absolute Gasteiger partial charge is 0.388 e. The molecule has 1 atom stereocenters. The number of rotatable bonds is 4. The maximum atomic E-state index is 10.3. The zero-order chi connectivity index (χ0) is 13.5. The summed E-state index contributed by atoms with van der Waals surface area (Å²) in [6.07, 6.45) is 7.21. The second-order valence-corrected chi connectivity index (χ2v) is 6.29. The van der Waals surface area contributed by atoms with Gasteiger partial charge in [0.05, 0.1) is 6.10 Å². The lowest BCUT2D eigenvalue weighted by Gasteiger charge is -2.25. The Morgan fingerprint density at radius 2 is 1.68 bits per heavy atom. The van der Waals surface area contributed by atoms with Crippen LogP contribution in [0.1, 0.15) is 50.2 Å². The van der Waals surface area contributed by atoms with E-state index in [0.717, 1.165) is 23.0 Å². The van der Waals surface area contributed by atoms with Crippen LogP contribution in [-0.4, -0.2) is 29.6 Å². The van der Waals surface area contributed by atoms with Crippen molar-refractivity contribution in [2.24, 2.45) is 0 Å². The predicted octanol–water partition coefficient (Wildman–Crippen LogP) is 4.14. The molecule has 1 unspecified atom stereocenters. The SMILES string of the molecule is OC(CCN1CCCCCCC1)c1ccccc1Br. The van der Waals surface area contributed by atoms with Crippen molar-refractivity contribution in [3.05, 3.63) is 34.3 Å². The summed E-state index contributed by atoms with van der Waals surface area (Å²) in [5, 5.41) is 10.3. The van der Waals surface area contributed by atoms with Gasteiger partial charge in [0.2, 0.25) is 0 Å². The molecule has 19 heavy (non-hydrogen) atoms. The van der Waals surface area contributed by atoms with Gasteiger partial charge in [0.25, 0.3) is 0 Å². The Hall–Kier alpha value is -0.380. The zero-order valence-electron chi connectivity index (χ0n) is 11.5. The third-order valence-electron chi connectivity index (χ3n) is 3.93. The first-order valence-corrected chi connectivity index (χ1v) is 8.21. The van der Waals surface area contributed by atoms with Gasteiger partial charge in [-0.3, -0.25) is 0 Å². The fourth-order valence-electron chi connectivity index (χ4n) is 2.74. The van der Waals surface area contributed by atoms with Crippen molar-refractivity contribution >= 4 is 15.9 Å². The lowest BCUT2D eigenvalue weighted by atomic mass is 10.1. The number of benzene rings is 1. The van der Waals surface area contributed by atoms with Crippen LogP contribution < -0.4 is 0 Å². The summed E-state index contributed by atoms with van der Waals surface area (Å²) in [5.74, 6) is 0. The molecule has 1 saturated heterocycles. The Labute approximate surface area is 124 Å². The van der Waals surface area contributed by atoms with Gasteiger partial charge >= 0.3 is 0 Å². The third kappa shape index (κ3) is 4.90. The Balaban J connectivity index is 1.82. The van der Waals surface area contributed by atoms with E-state index in [1.165, 1.54) is 45.2 Å². The Kier molecular flexibility index (Phi) is 6.35. The van der Waals surface area contributed by atoms with Gasteiger partial charge in [-0.05, 0) is 44.0 Å². The highest BCUT2D eigenvalue weighted by atomic mass is 79.9. The van der Waals surface area contributed by atoms with Crippen LogP contribution in [0.3, 0.4) is 0 Å². The zero-order valence-corrected chi connectivity index (χ0v) is 13.1. The molecule has 106 valence electrons. The molecule has 1 heterocycles. The summed E-state index contributed by atoms with van der Waals surface area (Å²) in [5.41, 5.74) is 1.01. The van der Waals surface area contributed by atoms with Crippen LogP contribution in [0.15, 0.2) is 28.7 Å². The number of aliphatic hydroxyl groups is 1. The van der Waals surface area contributed by atoms with Crippen molar-refractivity contribution in [1.82, 2.24) is 4.90 Å². The lowest BCUT2D eigenvalue weighted by molar-refractivity contribution is 0.137. The molecule has 1 aromatic rings. The van der Waals surface area contributed by atoms with Crippen molar-refractivity contribution in [2.75, 3.05) is 19.6 Å². The van der Waals surface area contributed by atoms with Crippen molar-refractivity contribution in [1.29, 1.82) is 0 Å². The topological polar surface area (TPSA) is 23.5 Å². The molecule has 2 nitrogen and oxygen atoms in total. The summed E-state index contributed by atoms with van der Waals surface area (Å²) in [6, 6.07) is 7.97. The Bertz CT molecular complexity index is 375. The molecule has 0 radical (unpaired) electrons. The molecule has 1 aliphatic heterocycles. The first-order chi connectivity index (χ1) is 9.27. The molecular formula is C16H24BrNO. The molecule has 2 rings (SSSR count). The molecule has 1 aromatic carbocycles. The smallest absolute Gasteiger partial charge is 0.0813 e. The monoisotopic (exact) mass is 325 g/mol. The van der Waals surface area contributed by atoms with E-state index in [1.54, 1.807) is 0 Å². The number of nitrogens with zero attached hydrogens (tertiary/aromatic N) is 1. The van der Waals surface area contributed by atoms with Crippen molar-refractivity contribution in [3.8, 4) is 0 Å². The van der Waals surface area contributed by atoms with Crippen LogP contribution in [0.2, 0.25) is 0 Å². The second-order valence-electron chi connectivity index (χ2n) is 5.44. The quantitative estimate of drug-likeness (QED) is 0.899. The molecule has 1 aliphatic rings. The highest BCUT2D eigenvalue weighted by Crippen LogP contribution is 2.25. The van der Waals surface area contributed by atoms with Gasteiger partial charge in [-0.15, -0.1) is 0 Å². The van der Waals surface area contributed by atoms with E-state index < -0.39 is 0 Å². The van der Waals surface area contributed by atoms with E-state index in [1.807, 2.05) is 24.3 Å². The normalized spacial score (nSPS) is 19.7. The minimum atomic E-state index is -0.360. The maximum Gasteiger partial charge on any atom is 0.0813 e. The van der Waals surface area contributed by atoms with Crippen molar-refractivity contribution < 1.29 is 5.11 Å². The van der Waals surface area contributed by atoms with E-state index >= 15 is 0 Å². The van der Waals surface area contributed by atoms with Crippen LogP contribution >= 0.6 is 15.9 Å². The average Bonchev–Trinajstić information content (AvgIpc) is 2.37. The van der Waals surface area contributed by atoms with Gasteiger partial charge in [0, 0.05) is 11.0 Å². The first kappa shape index (κ1) is 15.0. The Morgan fingerprint density at radius 3 is 2.37 bits per heavy atom. The molecule has 0 bridgehead atoms. The van der Waals surface area contributed by atoms with Gasteiger partial charge in [-0.1, -0.05) is 53.4 Å². The van der Waals surface area contributed by atoms with E-state index in [0.29, 0.717) is 0 Å². The highest BCUT2D eigenvalue weighted by molar-refractivity contribution is 9.10. The first-order valence-electron chi connectivity index (χ1n) is 7.42. The molecule has 1 N–H and O–H groups in total. The molecule has 0 amide bonds. The van der Waals surface area contributed by atoms with Gasteiger partial charge in [-0.2, -0.15) is 0 Å². The third-order valence-corrected chi connectivity index (χ3v) is 4.65. The van der Waals surface area contributed by atoms with Crippen molar-refractivity contribution in [3.63, 3.8) is 0 Å². The molecular weight excluding hydrogens is 302 g/mol. The van der Waals surface area contributed by atoms with Crippen LogP contribution in [0, 0.1) is 0 Å². The molecule has 3 heteroatoms. The van der Waals surface area contributed by atoms with Gasteiger partial charge in [0.1, 0.15) is 0 Å². The lowest BCUT2D eigenvalue weighted by Crippen LogP contribution is -2.29. The Morgan fingerprint density at radius 1 is 1.05 bits per heavy atom. The summed E-state index contributed by atoms with van der Waals surface area (Å²) >= 11 is 3.51. The molecule has 0 spiro atoms. The second kappa shape index (κ2) is 8.03. The minimum absolute atomic E-state index is 0.360. The fourth-order valence-corrected chi connectivity index (χ4v) is 3.29. The standard InChI is InChI=1S/C16H24BrNO/c17-15-9-5-4-8-14(15)16(19)10-13-18-11-6-2-1-3-7-12-18/h4-5,8-9,16,19H,1-3,6-7,10-13H2. The van der Waals surface area contributed by atoms with Gasteiger partial charge < -0.3 is 10.0 Å². The van der Waals surface area contributed by atoms with E-state index in [2.05, 4.69) is 20.8 Å². The summed E-state index contributed by atoms with van der Waals surface area (Å²) in [6.45, 7) is 3.40. The molecule has 1 fully saturated rings. The van der Waals surface area contributed by atoms with Crippen molar-refractivity contribution in [2.45, 2.75) is 44.6 Å². The van der Waals surface area contributed by atoms with Gasteiger partial charge in [0.15, 0.2) is 0 Å². The predicted molar refractivity (Wildman–Crippen MR) is 83.2 cm³/mol. The number of halogens is 1. The number of hydrogen-bond acceptors (Lipinski definition) is 2. The molecule has 0 aliphatic carbocycles. The van der Waals surface area contributed by atoms with Gasteiger partial charge in [-0.25, -0.2) is 0 Å². The highest BCUT2D eigenvalue weighted by Gasteiger charge is 2.14. The maximum absolute atomic E-state index is 10.3. The minimum Gasteiger partial charge on any atom is -0.388 e.